The normalized spacial score (nSPS) is 13.5. The summed E-state index contributed by atoms with van der Waals surface area (Å²) in [4.78, 5) is 26.9. The lowest BCUT2D eigenvalue weighted by Gasteiger charge is -2.15. The second-order valence-corrected chi connectivity index (χ2v) is 7.85. The smallest absolute Gasteiger partial charge is 0.255 e. The molecular formula is C23H23ClN4O2. The van der Waals surface area contributed by atoms with Crippen molar-refractivity contribution in [3.05, 3.63) is 76.1 Å². The molecule has 0 spiro atoms. The van der Waals surface area contributed by atoms with Crippen molar-refractivity contribution in [3.8, 4) is 5.69 Å². The van der Waals surface area contributed by atoms with Gasteiger partial charge in [-0.25, -0.2) is 4.68 Å². The molecule has 30 heavy (non-hydrogen) atoms. The molecule has 2 heterocycles. The first-order valence-electron chi connectivity index (χ1n) is 9.97. The van der Waals surface area contributed by atoms with Crippen LogP contribution in [0.3, 0.4) is 0 Å². The molecule has 0 aliphatic carbocycles. The highest BCUT2D eigenvalue weighted by Crippen LogP contribution is 2.23. The molecule has 1 saturated heterocycles. The van der Waals surface area contributed by atoms with Crippen LogP contribution in [-0.4, -0.2) is 39.6 Å². The zero-order valence-corrected chi connectivity index (χ0v) is 17.7. The summed E-state index contributed by atoms with van der Waals surface area (Å²) in [6.45, 7) is 5.40. The zero-order valence-electron chi connectivity index (χ0n) is 17.0. The van der Waals surface area contributed by atoms with Crippen molar-refractivity contribution in [3.63, 3.8) is 0 Å². The highest BCUT2D eigenvalue weighted by atomic mass is 35.5. The summed E-state index contributed by atoms with van der Waals surface area (Å²) in [6, 6.07) is 14.2. The number of benzene rings is 2. The number of anilines is 1. The van der Waals surface area contributed by atoms with Gasteiger partial charge >= 0.3 is 0 Å². The molecular weight excluding hydrogens is 400 g/mol. The molecule has 1 fully saturated rings. The number of hydrogen-bond acceptors (Lipinski definition) is 3. The molecule has 0 unspecified atom stereocenters. The maximum absolute atomic E-state index is 12.6. The average molecular weight is 423 g/mol. The molecule has 4 rings (SSSR count). The Morgan fingerprint density at radius 3 is 2.10 bits per heavy atom. The number of carbonyl (C=O) groups excluding carboxylic acids is 2. The Morgan fingerprint density at radius 2 is 1.53 bits per heavy atom. The van der Waals surface area contributed by atoms with Crippen molar-refractivity contribution in [2.45, 2.75) is 26.7 Å². The molecule has 2 aromatic carbocycles. The number of halogens is 1. The minimum atomic E-state index is -0.216. The van der Waals surface area contributed by atoms with Crippen molar-refractivity contribution >= 4 is 29.1 Å². The van der Waals surface area contributed by atoms with E-state index in [1.165, 1.54) is 0 Å². The lowest BCUT2D eigenvalue weighted by molar-refractivity contribution is 0.0792. The van der Waals surface area contributed by atoms with Gasteiger partial charge < -0.3 is 10.2 Å². The molecule has 0 saturated carbocycles. The summed E-state index contributed by atoms with van der Waals surface area (Å²) in [5, 5.41) is 7.94. The van der Waals surface area contributed by atoms with Gasteiger partial charge in [-0.1, -0.05) is 11.6 Å². The number of likely N-dealkylation sites (tertiary alicyclic amines) is 1. The first kappa shape index (κ1) is 20.2. The molecule has 3 aromatic rings. The largest absolute Gasteiger partial charge is 0.339 e. The van der Waals surface area contributed by atoms with Crippen LogP contribution in [-0.2, 0) is 0 Å². The van der Waals surface area contributed by atoms with Gasteiger partial charge in [0.15, 0.2) is 0 Å². The minimum absolute atomic E-state index is 0.0465. The summed E-state index contributed by atoms with van der Waals surface area (Å²) in [6.07, 6.45) is 2.12. The minimum Gasteiger partial charge on any atom is -0.339 e. The van der Waals surface area contributed by atoms with Crippen LogP contribution in [0.25, 0.3) is 5.69 Å². The summed E-state index contributed by atoms with van der Waals surface area (Å²) < 4.78 is 1.76. The number of amides is 2. The summed E-state index contributed by atoms with van der Waals surface area (Å²) >= 11 is 6.22. The van der Waals surface area contributed by atoms with Gasteiger partial charge in [-0.3, -0.25) is 9.59 Å². The predicted octanol–water partition coefficient (Wildman–Crippen LogP) is 4.63. The van der Waals surface area contributed by atoms with Crippen LogP contribution < -0.4 is 5.32 Å². The fraction of sp³-hybridized carbons (Fsp3) is 0.261. The van der Waals surface area contributed by atoms with E-state index in [2.05, 4.69) is 10.4 Å². The van der Waals surface area contributed by atoms with E-state index >= 15 is 0 Å². The van der Waals surface area contributed by atoms with Crippen molar-refractivity contribution in [1.82, 2.24) is 14.7 Å². The molecule has 1 aromatic heterocycles. The first-order valence-corrected chi connectivity index (χ1v) is 10.3. The van der Waals surface area contributed by atoms with Crippen LogP contribution >= 0.6 is 11.6 Å². The quantitative estimate of drug-likeness (QED) is 0.666. The van der Waals surface area contributed by atoms with Gasteiger partial charge in [0.25, 0.3) is 11.8 Å². The molecule has 0 bridgehead atoms. The number of hydrogen-bond donors (Lipinski definition) is 1. The Labute approximate surface area is 180 Å². The van der Waals surface area contributed by atoms with Crippen molar-refractivity contribution in [1.29, 1.82) is 0 Å². The molecule has 1 N–H and O–H groups in total. The van der Waals surface area contributed by atoms with Crippen molar-refractivity contribution in [2.75, 3.05) is 18.4 Å². The Kier molecular flexibility index (Phi) is 5.59. The zero-order chi connectivity index (χ0) is 21.3. The van der Waals surface area contributed by atoms with E-state index in [4.69, 9.17) is 11.6 Å². The number of rotatable bonds is 4. The number of nitrogens with zero attached hydrogens (tertiary/aromatic N) is 3. The second kappa shape index (κ2) is 8.32. The van der Waals surface area contributed by atoms with E-state index in [0.29, 0.717) is 21.8 Å². The van der Waals surface area contributed by atoms with E-state index in [9.17, 15) is 9.59 Å². The van der Waals surface area contributed by atoms with E-state index < -0.39 is 0 Å². The average Bonchev–Trinajstić information content (AvgIpc) is 3.39. The maximum Gasteiger partial charge on any atom is 0.255 e. The van der Waals surface area contributed by atoms with E-state index in [0.717, 1.165) is 43.0 Å². The number of carbonyl (C=O) groups is 2. The Bertz CT molecular complexity index is 1080. The Balaban J connectivity index is 1.43. The van der Waals surface area contributed by atoms with Gasteiger partial charge in [0.2, 0.25) is 0 Å². The van der Waals surface area contributed by atoms with Gasteiger partial charge in [-0.2, -0.15) is 5.10 Å². The highest BCUT2D eigenvalue weighted by molar-refractivity contribution is 6.31. The van der Waals surface area contributed by atoms with Gasteiger partial charge in [0.05, 0.1) is 22.1 Å². The number of aryl methyl sites for hydroxylation is 1. The monoisotopic (exact) mass is 422 g/mol. The van der Waals surface area contributed by atoms with Gasteiger partial charge in [-0.15, -0.1) is 0 Å². The van der Waals surface area contributed by atoms with E-state index in [-0.39, 0.29) is 11.8 Å². The SMILES string of the molecule is Cc1nn(-c2ccc(C(=O)Nc3ccc(C(=O)N4CCCC4)cc3)cc2)c(C)c1Cl. The third-order valence-electron chi connectivity index (χ3n) is 5.36. The number of aromatic nitrogens is 2. The molecule has 2 amide bonds. The van der Waals surface area contributed by atoms with Crippen molar-refractivity contribution < 1.29 is 9.59 Å². The number of nitrogens with one attached hydrogen (secondary N) is 1. The van der Waals surface area contributed by atoms with Crippen molar-refractivity contribution in [2.24, 2.45) is 0 Å². The standard InChI is InChI=1S/C23H23ClN4O2/c1-15-21(24)16(2)28(26-15)20-11-7-17(8-12-20)22(29)25-19-9-5-18(6-10-19)23(30)27-13-3-4-14-27/h5-12H,3-4,13-14H2,1-2H3,(H,25,29). The third-order valence-corrected chi connectivity index (χ3v) is 5.91. The highest BCUT2D eigenvalue weighted by Gasteiger charge is 2.19. The van der Waals surface area contributed by atoms with E-state index in [1.54, 1.807) is 41.1 Å². The van der Waals surface area contributed by atoms with Crippen LogP contribution in [0.1, 0.15) is 44.9 Å². The molecule has 7 heteroatoms. The lowest BCUT2D eigenvalue weighted by Crippen LogP contribution is -2.27. The topological polar surface area (TPSA) is 67.2 Å². The first-order chi connectivity index (χ1) is 14.4. The van der Waals surface area contributed by atoms with Crippen LogP contribution in [0.15, 0.2) is 48.5 Å². The van der Waals surface area contributed by atoms with Crippen LogP contribution in [0.5, 0.6) is 0 Å². The Morgan fingerprint density at radius 1 is 0.933 bits per heavy atom. The molecule has 1 aliphatic heterocycles. The molecule has 1 aliphatic rings. The summed E-state index contributed by atoms with van der Waals surface area (Å²) in [5.74, 6) is -0.170. The summed E-state index contributed by atoms with van der Waals surface area (Å²) in [7, 11) is 0. The Hall–Kier alpha value is -3.12. The predicted molar refractivity (Wildman–Crippen MR) is 118 cm³/mol. The summed E-state index contributed by atoms with van der Waals surface area (Å²) in [5.41, 5.74) is 4.28. The van der Waals surface area contributed by atoms with E-state index in [1.807, 2.05) is 30.9 Å². The van der Waals surface area contributed by atoms with Gasteiger partial charge in [0, 0.05) is 29.9 Å². The maximum atomic E-state index is 12.6. The second-order valence-electron chi connectivity index (χ2n) is 7.47. The van der Waals surface area contributed by atoms with Crippen LogP contribution in [0.2, 0.25) is 5.02 Å². The molecule has 0 radical (unpaired) electrons. The molecule has 154 valence electrons. The molecule has 6 nitrogen and oxygen atoms in total. The fourth-order valence-corrected chi connectivity index (χ4v) is 3.75. The lowest BCUT2D eigenvalue weighted by atomic mass is 10.1. The third kappa shape index (κ3) is 3.96. The molecule has 0 atom stereocenters. The van der Waals surface area contributed by atoms with Crippen LogP contribution in [0, 0.1) is 13.8 Å². The fourth-order valence-electron chi connectivity index (χ4n) is 3.63. The van der Waals surface area contributed by atoms with Crippen LogP contribution in [0.4, 0.5) is 5.69 Å². The van der Waals surface area contributed by atoms with Gasteiger partial charge in [-0.05, 0) is 75.2 Å². The van der Waals surface area contributed by atoms with Gasteiger partial charge in [0.1, 0.15) is 0 Å².